The minimum atomic E-state index is -0.123. The van der Waals surface area contributed by atoms with Crippen LogP contribution in [0.15, 0.2) is 35.5 Å². The summed E-state index contributed by atoms with van der Waals surface area (Å²) in [4.78, 5) is 21.5. The molecule has 0 atom stereocenters. The number of nitrogens with zero attached hydrogens (tertiary/aromatic N) is 2. The number of guanidine groups is 1. The van der Waals surface area contributed by atoms with Crippen LogP contribution < -0.4 is 20.7 Å². The summed E-state index contributed by atoms with van der Waals surface area (Å²) in [6.45, 7) is 6.01. The molecule has 0 unspecified atom stereocenters. The lowest BCUT2D eigenvalue weighted by atomic mass is 10.2. The molecule has 8 heteroatoms. The molecular formula is C20H29N5O2S. The molecule has 0 aliphatic heterocycles. The fourth-order valence-corrected chi connectivity index (χ4v) is 3.33. The number of rotatable bonds is 10. The number of aryl methyl sites for hydroxylation is 1. The Kier molecular flexibility index (Phi) is 9.27. The predicted octanol–water partition coefficient (Wildman–Crippen LogP) is 2.13. The van der Waals surface area contributed by atoms with Gasteiger partial charge in [-0.05, 0) is 31.0 Å². The Morgan fingerprint density at radius 1 is 1.25 bits per heavy atom. The number of hydrogen-bond acceptors (Lipinski definition) is 5. The van der Waals surface area contributed by atoms with Gasteiger partial charge in [-0.1, -0.05) is 19.1 Å². The third-order valence-corrected chi connectivity index (χ3v) is 5.11. The first kappa shape index (κ1) is 21.7. The van der Waals surface area contributed by atoms with Gasteiger partial charge in [0.15, 0.2) is 12.6 Å². The smallest absolute Gasteiger partial charge is 0.257 e. The molecule has 7 nitrogen and oxygen atoms in total. The molecule has 1 aromatic heterocycles. The van der Waals surface area contributed by atoms with Crippen LogP contribution in [0, 0.1) is 0 Å². The van der Waals surface area contributed by atoms with Crippen molar-refractivity contribution in [2.75, 3.05) is 26.7 Å². The number of hydrogen-bond donors (Lipinski definition) is 3. The van der Waals surface area contributed by atoms with Crippen molar-refractivity contribution >= 4 is 23.2 Å². The van der Waals surface area contributed by atoms with Gasteiger partial charge in [0.05, 0.1) is 5.01 Å². The summed E-state index contributed by atoms with van der Waals surface area (Å²) in [5.41, 5.74) is 1.05. The van der Waals surface area contributed by atoms with E-state index in [1.807, 2.05) is 37.4 Å². The van der Waals surface area contributed by atoms with E-state index >= 15 is 0 Å². The van der Waals surface area contributed by atoms with Crippen molar-refractivity contribution in [3.8, 4) is 5.75 Å². The lowest BCUT2D eigenvalue weighted by Gasteiger charge is -2.12. The molecule has 0 saturated carbocycles. The van der Waals surface area contributed by atoms with Gasteiger partial charge in [0, 0.05) is 44.2 Å². The lowest BCUT2D eigenvalue weighted by molar-refractivity contribution is -0.122. The first-order chi connectivity index (χ1) is 13.6. The number of amides is 1. The largest absolute Gasteiger partial charge is 0.484 e. The van der Waals surface area contributed by atoms with Gasteiger partial charge < -0.3 is 20.7 Å². The quantitative estimate of drug-likeness (QED) is 0.418. The third-order valence-electron chi connectivity index (χ3n) is 3.91. The van der Waals surface area contributed by atoms with Gasteiger partial charge in [0.2, 0.25) is 0 Å². The van der Waals surface area contributed by atoms with Crippen LogP contribution in [0.2, 0.25) is 0 Å². The number of aliphatic imine (C=N–C) groups is 1. The molecule has 0 aliphatic rings. The number of aromatic nitrogens is 1. The second-order valence-corrected chi connectivity index (χ2v) is 7.27. The van der Waals surface area contributed by atoms with Crippen molar-refractivity contribution in [3.05, 3.63) is 45.9 Å². The highest BCUT2D eigenvalue weighted by molar-refractivity contribution is 7.11. The number of carbonyl (C=O) groups is 1. The number of carbonyl (C=O) groups excluding carboxylic acids is 1. The van der Waals surface area contributed by atoms with Crippen molar-refractivity contribution in [2.45, 2.75) is 33.2 Å². The summed E-state index contributed by atoms with van der Waals surface area (Å²) in [7, 11) is 1.75. The number of likely N-dealkylation sites (N-methyl/N-ethyl adjacent to an activating group) is 1. The summed E-state index contributed by atoms with van der Waals surface area (Å²) in [5, 5.41) is 10.4. The molecule has 0 saturated heterocycles. The Bertz CT molecular complexity index is 775. The van der Waals surface area contributed by atoms with Gasteiger partial charge in [-0.25, -0.2) is 4.98 Å². The van der Waals surface area contributed by atoms with Gasteiger partial charge in [-0.3, -0.25) is 9.79 Å². The van der Waals surface area contributed by atoms with Gasteiger partial charge in [0.25, 0.3) is 5.91 Å². The highest BCUT2D eigenvalue weighted by Gasteiger charge is 2.04. The van der Waals surface area contributed by atoms with E-state index in [0.717, 1.165) is 35.9 Å². The second kappa shape index (κ2) is 12.0. The zero-order valence-electron chi connectivity index (χ0n) is 16.7. The van der Waals surface area contributed by atoms with E-state index in [9.17, 15) is 4.79 Å². The van der Waals surface area contributed by atoms with Crippen molar-refractivity contribution in [1.29, 1.82) is 0 Å². The summed E-state index contributed by atoms with van der Waals surface area (Å²) in [6.07, 6.45) is 3.85. The molecule has 1 aromatic carbocycles. The minimum Gasteiger partial charge on any atom is -0.484 e. The molecule has 0 bridgehead atoms. The SMILES string of the molecule is CCNC(=O)COc1cccc(CNC(=NC)NCCc2ncc(CC)s2)c1. The molecule has 1 heterocycles. The second-order valence-electron chi connectivity index (χ2n) is 6.07. The number of thiazole rings is 1. The van der Waals surface area contributed by atoms with Crippen LogP contribution >= 0.6 is 11.3 Å². The molecule has 152 valence electrons. The van der Waals surface area contributed by atoms with Gasteiger partial charge >= 0.3 is 0 Å². The van der Waals surface area contributed by atoms with Crippen LogP contribution in [0.1, 0.15) is 29.3 Å². The summed E-state index contributed by atoms with van der Waals surface area (Å²) in [6, 6.07) is 7.67. The maximum absolute atomic E-state index is 11.5. The van der Waals surface area contributed by atoms with Crippen LogP contribution in [0.5, 0.6) is 5.75 Å². The molecule has 0 fully saturated rings. The Morgan fingerprint density at radius 2 is 2.11 bits per heavy atom. The van der Waals surface area contributed by atoms with Gasteiger partial charge in [-0.2, -0.15) is 0 Å². The predicted molar refractivity (Wildman–Crippen MR) is 114 cm³/mol. The van der Waals surface area contributed by atoms with Crippen molar-refractivity contribution in [1.82, 2.24) is 20.9 Å². The normalized spacial score (nSPS) is 11.2. The minimum absolute atomic E-state index is 0.0183. The standard InChI is InChI=1S/C20H29N5O2S/c1-4-17-13-24-19(28-17)9-10-23-20(21-3)25-12-15-7-6-8-16(11-15)27-14-18(26)22-5-2/h6-8,11,13H,4-5,9-10,12,14H2,1-3H3,(H,22,26)(H2,21,23,25). The fraction of sp³-hybridized carbons (Fsp3) is 0.450. The first-order valence-corrected chi connectivity index (χ1v) is 10.3. The van der Waals surface area contributed by atoms with Crippen molar-refractivity contribution in [3.63, 3.8) is 0 Å². The molecular weight excluding hydrogens is 374 g/mol. The average Bonchev–Trinajstić information content (AvgIpc) is 3.17. The summed E-state index contributed by atoms with van der Waals surface area (Å²) in [5.74, 6) is 1.28. The van der Waals surface area contributed by atoms with Crippen LogP contribution in [-0.2, 0) is 24.2 Å². The van der Waals surface area contributed by atoms with Gasteiger partial charge in [-0.15, -0.1) is 11.3 Å². The molecule has 3 N–H and O–H groups in total. The number of ether oxygens (including phenoxy) is 1. The average molecular weight is 404 g/mol. The first-order valence-electron chi connectivity index (χ1n) is 9.51. The molecule has 0 radical (unpaired) electrons. The van der Waals surface area contributed by atoms with Crippen molar-refractivity contribution < 1.29 is 9.53 Å². The summed E-state index contributed by atoms with van der Waals surface area (Å²) < 4.78 is 5.53. The van der Waals surface area contributed by atoms with E-state index in [1.165, 1.54) is 4.88 Å². The Labute approximate surface area is 170 Å². The lowest BCUT2D eigenvalue weighted by Crippen LogP contribution is -2.37. The Balaban J connectivity index is 1.76. The molecule has 0 aliphatic carbocycles. The van der Waals surface area contributed by atoms with E-state index in [4.69, 9.17) is 4.74 Å². The topological polar surface area (TPSA) is 87.6 Å². The summed E-state index contributed by atoms with van der Waals surface area (Å²) >= 11 is 1.76. The van der Waals surface area contributed by atoms with E-state index in [1.54, 1.807) is 18.4 Å². The van der Waals surface area contributed by atoms with Crippen molar-refractivity contribution in [2.24, 2.45) is 4.99 Å². The number of benzene rings is 1. The maximum atomic E-state index is 11.5. The third kappa shape index (κ3) is 7.56. The molecule has 1 amide bonds. The zero-order chi connectivity index (χ0) is 20.2. The van der Waals surface area contributed by atoms with Crippen LogP contribution in [0.4, 0.5) is 0 Å². The van der Waals surface area contributed by atoms with Crippen LogP contribution in [-0.4, -0.2) is 43.6 Å². The zero-order valence-corrected chi connectivity index (χ0v) is 17.6. The highest BCUT2D eigenvalue weighted by atomic mass is 32.1. The molecule has 2 aromatic rings. The van der Waals surface area contributed by atoms with E-state index < -0.39 is 0 Å². The van der Waals surface area contributed by atoms with Crippen LogP contribution in [0.25, 0.3) is 0 Å². The maximum Gasteiger partial charge on any atom is 0.257 e. The fourth-order valence-electron chi connectivity index (χ4n) is 2.46. The highest BCUT2D eigenvalue weighted by Crippen LogP contribution is 2.14. The van der Waals surface area contributed by atoms with E-state index in [2.05, 4.69) is 32.9 Å². The molecule has 0 spiro atoms. The monoisotopic (exact) mass is 403 g/mol. The number of nitrogens with one attached hydrogen (secondary N) is 3. The molecule has 28 heavy (non-hydrogen) atoms. The van der Waals surface area contributed by atoms with Gasteiger partial charge in [0.1, 0.15) is 5.75 Å². The van der Waals surface area contributed by atoms with E-state index in [0.29, 0.717) is 18.8 Å². The molecule has 2 rings (SSSR count). The van der Waals surface area contributed by atoms with E-state index in [-0.39, 0.29) is 12.5 Å². The Hall–Kier alpha value is -2.61. The Morgan fingerprint density at radius 3 is 2.82 bits per heavy atom. The van der Waals surface area contributed by atoms with Crippen LogP contribution in [0.3, 0.4) is 0 Å².